The molecule has 7 fully saturated rings. The zero-order chi connectivity index (χ0) is 32.1. The van der Waals surface area contributed by atoms with E-state index in [0.29, 0.717) is 0 Å². The van der Waals surface area contributed by atoms with Gasteiger partial charge in [-0.05, 0) is 170 Å². The zero-order valence-corrected chi connectivity index (χ0v) is 30.6. The topological polar surface area (TPSA) is 0 Å². The van der Waals surface area contributed by atoms with Crippen LogP contribution in [0.15, 0.2) is 66.7 Å². The molecule has 0 bridgehead atoms. The molecule has 1 heteroatoms. The van der Waals surface area contributed by atoms with Gasteiger partial charge in [0.1, 0.15) is 0 Å². The van der Waals surface area contributed by atoms with Crippen LogP contribution in [-0.2, 0) is 0 Å². The molecule has 0 spiro atoms. The lowest BCUT2D eigenvalue weighted by Gasteiger charge is -2.65. The molecule has 0 aliphatic heterocycles. The minimum Gasteiger partial charge on any atom is -0.135 e. The van der Waals surface area contributed by atoms with Crippen molar-refractivity contribution in [2.24, 2.45) is 71.0 Å². The highest BCUT2D eigenvalue weighted by atomic mass is 32.1. The maximum absolute atomic E-state index is 2.63. The van der Waals surface area contributed by atoms with Gasteiger partial charge in [0.15, 0.2) is 0 Å². The molecule has 3 aromatic carbocycles. The summed E-state index contributed by atoms with van der Waals surface area (Å²) >= 11 is 1.98. The fourth-order valence-electron chi connectivity index (χ4n) is 15.5. The maximum Gasteiger partial charge on any atom is 0.0433 e. The zero-order valence-electron chi connectivity index (χ0n) is 29.8. The molecule has 0 N–H and O–H groups in total. The molecule has 256 valence electrons. The summed E-state index contributed by atoms with van der Waals surface area (Å²) in [6.07, 6.45) is 26.5. The molecule has 7 aliphatic rings. The van der Waals surface area contributed by atoms with Crippen LogP contribution in [-0.4, -0.2) is 0 Å². The van der Waals surface area contributed by atoms with E-state index in [0.717, 1.165) is 76.9 Å². The lowest BCUT2D eigenvalue weighted by atomic mass is 9.40. The van der Waals surface area contributed by atoms with Gasteiger partial charge in [0.25, 0.3) is 0 Å². The Bertz CT molecular complexity index is 1830. The van der Waals surface area contributed by atoms with Crippen LogP contribution < -0.4 is 0 Å². The molecule has 13 unspecified atom stereocenters. The first-order chi connectivity index (χ1) is 24.3. The Morgan fingerprint density at radius 2 is 0.918 bits per heavy atom. The highest BCUT2D eigenvalue weighted by Crippen LogP contribution is 2.67. The lowest BCUT2D eigenvalue weighted by Crippen LogP contribution is -2.57. The van der Waals surface area contributed by atoms with Crippen molar-refractivity contribution in [2.45, 2.75) is 115 Å². The van der Waals surface area contributed by atoms with Crippen molar-refractivity contribution in [1.82, 2.24) is 0 Å². The van der Waals surface area contributed by atoms with Crippen LogP contribution in [0.25, 0.3) is 31.3 Å². The third-order valence-electron chi connectivity index (χ3n) is 17.1. The highest BCUT2D eigenvalue weighted by Gasteiger charge is 2.59. The van der Waals surface area contributed by atoms with Gasteiger partial charge < -0.3 is 0 Å². The summed E-state index contributed by atoms with van der Waals surface area (Å²) in [6, 6.07) is 25.9. The summed E-state index contributed by atoms with van der Waals surface area (Å²) in [5.74, 6) is 13.6. The van der Waals surface area contributed by atoms with E-state index in [2.05, 4.69) is 66.7 Å². The predicted molar refractivity (Wildman–Crippen MR) is 208 cm³/mol. The fraction of sp³-hybridized carbons (Fsp3) is 0.625. The molecule has 11 rings (SSSR count). The minimum atomic E-state index is 0.749. The predicted octanol–water partition coefficient (Wildman–Crippen LogP) is 13.9. The molecular formula is C48H58S. The summed E-state index contributed by atoms with van der Waals surface area (Å²) < 4.78 is 2.88. The van der Waals surface area contributed by atoms with Gasteiger partial charge in [-0.25, -0.2) is 0 Å². The van der Waals surface area contributed by atoms with Gasteiger partial charge in [0, 0.05) is 20.2 Å². The monoisotopic (exact) mass is 666 g/mol. The molecule has 0 saturated heterocycles. The second-order valence-corrected chi connectivity index (χ2v) is 19.8. The van der Waals surface area contributed by atoms with Gasteiger partial charge in [-0.1, -0.05) is 99.2 Å². The molecule has 0 nitrogen and oxygen atoms in total. The SMILES string of the molecule is c1cc(-c2cccc3c2sc2ccccc23)cc(C2CCC3C(C2)C2CCCCC2C2CC4C5CCCCC5C5CCCCC5C4CC32)c1. The first kappa shape index (κ1) is 30.5. The molecule has 13 atom stereocenters. The van der Waals surface area contributed by atoms with Gasteiger partial charge in [-0.3, -0.25) is 0 Å². The summed E-state index contributed by atoms with van der Waals surface area (Å²) in [7, 11) is 0. The van der Waals surface area contributed by atoms with Crippen LogP contribution in [0.3, 0.4) is 0 Å². The van der Waals surface area contributed by atoms with E-state index in [4.69, 9.17) is 0 Å². The number of thiophene rings is 1. The molecule has 0 radical (unpaired) electrons. The normalized spacial score (nSPS) is 41.5. The summed E-state index contributed by atoms with van der Waals surface area (Å²) in [6.45, 7) is 0. The number of benzene rings is 3. The van der Waals surface area contributed by atoms with Gasteiger partial charge >= 0.3 is 0 Å². The molecule has 1 aromatic heterocycles. The van der Waals surface area contributed by atoms with Crippen molar-refractivity contribution >= 4 is 31.5 Å². The van der Waals surface area contributed by atoms with Gasteiger partial charge in [0.2, 0.25) is 0 Å². The third-order valence-corrected chi connectivity index (χ3v) is 18.4. The lowest BCUT2D eigenvalue weighted by molar-refractivity contribution is -0.155. The molecule has 0 amide bonds. The number of hydrogen-bond acceptors (Lipinski definition) is 1. The first-order valence-corrected chi connectivity index (χ1v) is 22.1. The van der Waals surface area contributed by atoms with Gasteiger partial charge in [-0.15, -0.1) is 11.3 Å². The van der Waals surface area contributed by atoms with Crippen molar-refractivity contribution in [3.8, 4) is 11.1 Å². The van der Waals surface area contributed by atoms with Crippen LogP contribution in [0.4, 0.5) is 0 Å². The van der Waals surface area contributed by atoms with Crippen molar-refractivity contribution in [3.05, 3.63) is 72.3 Å². The molecular weight excluding hydrogens is 609 g/mol. The highest BCUT2D eigenvalue weighted by molar-refractivity contribution is 7.26. The third kappa shape index (κ3) is 4.86. The smallest absolute Gasteiger partial charge is 0.0433 e. The van der Waals surface area contributed by atoms with Gasteiger partial charge in [-0.2, -0.15) is 0 Å². The minimum absolute atomic E-state index is 0.749. The van der Waals surface area contributed by atoms with E-state index < -0.39 is 0 Å². The summed E-state index contributed by atoms with van der Waals surface area (Å²) in [5, 5.41) is 2.84. The van der Waals surface area contributed by atoms with Crippen LogP contribution in [0.1, 0.15) is 121 Å². The average molecular weight is 667 g/mol. The van der Waals surface area contributed by atoms with Crippen LogP contribution >= 0.6 is 11.3 Å². The summed E-state index contributed by atoms with van der Waals surface area (Å²) in [4.78, 5) is 0. The Balaban J connectivity index is 0.900. The number of fused-ring (bicyclic) bond motifs is 15. The second-order valence-electron chi connectivity index (χ2n) is 18.7. The standard InChI is InChI=1S/C48H58S/c1-3-15-35-33(13-1)34-14-2-4-16-36(34)44-28-46-39-24-23-30(26-42(39)37-17-5-6-18-38(37)45(46)27-43(35)44)29-11-9-12-31(25-29)32-20-10-21-41-40-19-7-8-22-47(40)49-48(32)41/h7-12,19-22,25,30,33-39,42-46H,1-6,13-18,23-24,26-28H2. The summed E-state index contributed by atoms with van der Waals surface area (Å²) in [5.41, 5.74) is 4.52. The second kappa shape index (κ2) is 12.2. The molecule has 7 aliphatic carbocycles. The number of rotatable bonds is 2. The molecule has 7 saturated carbocycles. The van der Waals surface area contributed by atoms with Crippen LogP contribution in [0.2, 0.25) is 0 Å². The Labute approximate surface area is 299 Å². The number of hydrogen-bond donors (Lipinski definition) is 0. The van der Waals surface area contributed by atoms with Crippen molar-refractivity contribution in [1.29, 1.82) is 0 Å². The van der Waals surface area contributed by atoms with Crippen LogP contribution in [0.5, 0.6) is 0 Å². The Morgan fingerprint density at radius 3 is 1.55 bits per heavy atom. The van der Waals surface area contributed by atoms with Crippen molar-refractivity contribution in [2.75, 3.05) is 0 Å². The van der Waals surface area contributed by atoms with Gasteiger partial charge in [0.05, 0.1) is 0 Å². The average Bonchev–Trinajstić information content (AvgIpc) is 3.56. The Kier molecular flexibility index (Phi) is 7.62. The Hall–Kier alpha value is -2.12. The van der Waals surface area contributed by atoms with E-state index in [-0.39, 0.29) is 0 Å². The Morgan fingerprint density at radius 1 is 0.408 bits per heavy atom. The van der Waals surface area contributed by atoms with Crippen LogP contribution in [0, 0.1) is 71.0 Å². The van der Waals surface area contributed by atoms with E-state index in [9.17, 15) is 0 Å². The van der Waals surface area contributed by atoms with E-state index in [1.54, 1.807) is 82.6 Å². The maximum atomic E-state index is 2.63. The largest absolute Gasteiger partial charge is 0.135 e. The van der Waals surface area contributed by atoms with Crippen molar-refractivity contribution < 1.29 is 0 Å². The van der Waals surface area contributed by atoms with E-state index in [1.807, 2.05) is 11.3 Å². The first-order valence-electron chi connectivity index (χ1n) is 21.3. The van der Waals surface area contributed by atoms with E-state index in [1.165, 1.54) is 63.4 Å². The molecule has 4 aromatic rings. The molecule has 1 heterocycles. The van der Waals surface area contributed by atoms with Crippen molar-refractivity contribution in [3.63, 3.8) is 0 Å². The quantitative estimate of drug-likeness (QED) is 0.200. The molecule has 49 heavy (non-hydrogen) atoms. The van der Waals surface area contributed by atoms with E-state index >= 15 is 0 Å². The fourth-order valence-corrected chi connectivity index (χ4v) is 16.8.